The monoisotopic (exact) mass is 240 g/mol. The van der Waals surface area contributed by atoms with E-state index in [2.05, 4.69) is 9.97 Å². The predicted molar refractivity (Wildman–Crippen MR) is 65.5 cm³/mol. The van der Waals surface area contributed by atoms with Crippen molar-refractivity contribution in [2.45, 2.75) is 0 Å². The van der Waals surface area contributed by atoms with Crippen molar-refractivity contribution >= 4 is 16.7 Å². The molecular formula is C12H8N4O2. The van der Waals surface area contributed by atoms with Crippen molar-refractivity contribution in [3.05, 3.63) is 59.2 Å². The zero-order chi connectivity index (χ0) is 12.5. The number of aromatic nitrogens is 3. The lowest BCUT2D eigenvalue weighted by Gasteiger charge is -2.01. The first-order valence-corrected chi connectivity index (χ1v) is 5.27. The van der Waals surface area contributed by atoms with Crippen LogP contribution < -0.4 is 0 Å². The standard InChI is InChI=1S/C12H8N4O2/c17-16(18)12-7-15(8-14-12)10-5-9-3-1-2-4-11(9)13-6-10/h1-8H. The molecule has 0 aliphatic carbocycles. The highest BCUT2D eigenvalue weighted by Crippen LogP contribution is 2.17. The van der Waals surface area contributed by atoms with Crippen molar-refractivity contribution in [1.82, 2.24) is 14.5 Å². The van der Waals surface area contributed by atoms with Gasteiger partial charge in [0.15, 0.2) is 0 Å². The summed E-state index contributed by atoms with van der Waals surface area (Å²) in [6.45, 7) is 0. The zero-order valence-corrected chi connectivity index (χ0v) is 9.22. The first-order chi connectivity index (χ1) is 8.74. The molecule has 0 saturated heterocycles. The molecule has 2 aromatic heterocycles. The van der Waals surface area contributed by atoms with Gasteiger partial charge < -0.3 is 10.1 Å². The van der Waals surface area contributed by atoms with Crippen LogP contribution >= 0.6 is 0 Å². The van der Waals surface area contributed by atoms with Crippen molar-refractivity contribution in [3.63, 3.8) is 0 Å². The van der Waals surface area contributed by atoms with Gasteiger partial charge >= 0.3 is 5.82 Å². The first-order valence-electron chi connectivity index (χ1n) is 5.27. The van der Waals surface area contributed by atoms with Gasteiger partial charge in [0.1, 0.15) is 6.20 Å². The molecule has 0 radical (unpaired) electrons. The number of para-hydroxylation sites is 1. The van der Waals surface area contributed by atoms with E-state index in [1.165, 1.54) is 12.5 Å². The number of benzene rings is 1. The molecule has 3 aromatic rings. The number of fused-ring (bicyclic) bond motifs is 1. The Bertz CT molecular complexity index is 736. The van der Waals surface area contributed by atoms with Crippen molar-refractivity contribution in [2.75, 3.05) is 0 Å². The predicted octanol–water partition coefficient (Wildman–Crippen LogP) is 2.33. The molecular weight excluding hydrogens is 232 g/mol. The van der Waals surface area contributed by atoms with Crippen LogP contribution in [0.2, 0.25) is 0 Å². The van der Waals surface area contributed by atoms with Crippen LogP contribution in [0.5, 0.6) is 0 Å². The molecule has 0 unspecified atom stereocenters. The second-order valence-corrected chi connectivity index (χ2v) is 3.78. The number of imidazole rings is 1. The Morgan fingerprint density at radius 2 is 2.06 bits per heavy atom. The van der Waals surface area contributed by atoms with Crippen molar-refractivity contribution < 1.29 is 4.92 Å². The third-order valence-corrected chi connectivity index (χ3v) is 2.63. The molecule has 6 heteroatoms. The smallest absolute Gasteiger partial charge is 0.358 e. The van der Waals surface area contributed by atoms with Gasteiger partial charge in [-0.1, -0.05) is 18.2 Å². The molecule has 6 nitrogen and oxygen atoms in total. The maximum absolute atomic E-state index is 10.6. The first kappa shape index (κ1) is 10.4. The summed E-state index contributed by atoms with van der Waals surface area (Å²) in [5, 5.41) is 11.6. The van der Waals surface area contributed by atoms with Gasteiger partial charge in [-0.2, -0.15) is 0 Å². The van der Waals surface area contributed by atoms with Crippen LogP contribution in [0.3, 0.4) is 0 Å². The van der Waals surface area contributed by atoms with Crippen LogP contribution in [-0.2, 0) is 0 Å². The van der Waals surface area contributed by atoms with Gasteiger partial charge in [0.05, 0.1) is 17.4 Å². The SMILES string of the molecule is O=[N+]([O-])c1cn(-c2cnc3ccccc3c2)cn1. The van der Waals surface area contributed by atoms with Crippen LogP contribution in [0.25, 0.3) is 16.6 Å². The summed E-state index contributed by atoms with van der Waals surface area (Å²) >= 11 is 0. The Kier molecular flexibility index (Phi) is 2.26. The highest BCUT2D eigenvalue weighted by atomic mass is 16.6. The summed E-state index contributed by atoms with van der Waals surface area (Å²) in [4.78, 5) is 18.1. The van der Waals surface area contributed by atoms with Crippen molar-refractivity contribution in [2.24, 2.45) is 0 Å². The van der Waals surface area contributed by atoms with Gasteiger partial charge in [-0.15, -0.1) is 0 Å². The number of hydrogen-bond acceptors (Lipinski definition) is 4. The molecule has 18 heavy (non-hydrogen) atoms. The van der Waals surface area contributed by atoms with Crippen LogP contribution in [0, 0.1) is 10.1 Å². The second kappa shape index (κ2) is 3.92. The maximum Gasteiger partial charge on any atom is 0.381 e. The molecule has 0 amide bonds. The van der Waals surface area contributed by atoms with Gasteiger partial charge in [-0.25, -0.2) is 0 Å². The average molecular weight is 240 g/mol. The summed E-state index contributed by atoms with van der Waals surface area (Å²) in [5.41, 5.74) is 1.63. The number of nitro groups is 1. The van der Waals surface area contributed by atoms with Crippen molar-refractivity contribution in [1.29, 1.82) is 0 Å². The average Bonchev–Trinajstić information content (AvgIpc) is 2.88. The van der Waals surface area contributed by atoms with Gasteiger partial charge in [-0.3, -0.25) is 9.55 Å². The third-order valence-electron chi connectivity index (χ3n) is 2.63. The lowest BCUT2D eigenvalue weighted by Crippen LogP contribution is -1.92. The van der Waals surface area contributed by atoms with Crippen LogP contribution in [-0.4, -0.2) is 19.5 Å². The van der Waals surface area contributed by atoms with Gasteiger partial charge in [0.25, 0.3) is 0 Å². The quantitative estimate of drug-likeness (QED) is 0.509. The minimum atomic E-state index is -0.523. The Balaban J connectivity index is 2.10. The summed E-state index contributed by atoms with van der Waals surface area (Å²) in [6.07, 6.45) is 4.43. The molecule has 0 bridgehead atoms. The molecule has 1 aromatic carbocycles. The van der Waals surface area contributed by atoms with Gasteiger partial charge in [0, 0.05) is 5.39 Å². The molecule has 0 spiro atoms. The number of rotatable bonds is 2. The summed E-state index contributed by atoms with van der Waals surface area (Å²) < 4.78 is 1.58. The number of hydrogen-bond donors (Lipinski definition) is 0. The Morgan fingerprint density at radius 3 is 2.83 bits per heavy atom. The molecule has 0 N–H and O–H groups in total. The Labute approximate surface area is 102 Å². The summed E-state index contributed by atoms with van der Waals surface area (Å²) in [7, 11) is 0. The fraction of sp³-hybridized carbons (Fsp3) is 0. The fourth-order valence-electron chi connectivity index (χ4n) is 1.75. The molecule has 0 atom stereocenters. The summed E-state index contributed by atoms with van der Waals surface area (Å²) in [5.74, 6) is -0.178. The lowest BCUT2D eigenvalue weighted by molar-refractivity contribution is -0.389. The highest BCUT2D eigenvalue weighted by Gasteiger charge is 2.11. The molecule has 0 aliphatic heterocycles. The fourth-order valence-corrected chi connectivity index (χ4v) is 1.75. The van der Waals surface area contributed by atoms with E-state index < -0.39 is 4.92 Å². The van der Waals surface area contributed by atoms with Crippen LogP contribution in [0.4, 0.5) is 5.82 Å². The van der Waals surface area contributed by atoms with E-state index in [9.17, 15) is 10.1 Å². The van der Waals surface area contributed by atoms with Gasteiger partial charge in [-0.05, 0) is 22.0 Å². The van der Waals surface area contributed by atoms with E-state index in [1.807, 2.05) is 30.3 Å². The molecule has 88 valence electrons. The van der Waals surface area contributed by atoms with E-state index in [-0.39, 0.29) is 5.82 Å². The topological polar surface area (TPSA) is 73.8 Å². The van der Waals surface area contributed by atoms with Gasteiger partial charge in [0.2, 0.25) is 6.33 Å². The maximum atomic E-state index is 10.6. The van der Waals surface area contributed by atoms with Crippen LogP contribution in [0.1, 0.15) is 0 Å². The van der Waals surface area contributed by atoms with E-state index in [1.54, 1.807) is 10.8 Å². The minimum absolute atomic E-state index is 0.178. The molecule has 3 rings (SSSR count). The third kappa shape index (κ3) is 1.69. The number of pyridine rings is 1. The molecule has 0 saturated carbocycles. The Hall–Kier alpha value is -2.76. The minimum Gasteiger partial charge on any atom is -0.358 e. The number of nitrogens with zero attached hydrogens (tertiary/aromatic N) is 4. The van der Waals surface area contributed by atoms with E-state index in [4.69, 9.17) is 0 Å². The molecule has 2 heterocycles. The Morgan fingerprint density at radius 1 is 1.22 bits per heavy atom. The van der Waals surface area contributed by atoms with E-state index >= 15 is 0 Å². The molecule has 0 fully saturated rings. The lowest BCUT2D eigenvalue weighted by atomic mass is 10.2. The van der Waals surface area contributed by atoms with Crippen LogP contribution in [0.15, 0.2) is 49.1 Å². The van der Waals surface area contributed by atoms with E-state index in [0.29, 0.717) is 0 Å². The second-order valence-electron chi connectivity index (χ2n) is 3.78. The van der Waals surface area contributed by atoms with E-state index in [0.717, 1.165) is 16.6 Å². The highest BCUT2D eigenvalue weighted by molar-refractivity contribution is 5.80. The zero-order valence-electron chi connectivity index (χ0n) is 9.22. The normalized spacial score (nSPS) is 10.7. The molecule has 0 aliphatic rings. The van der Waals surface area contributed by atoms with Crippen molar-refractivity contribution in [3.8, 4) is 5.69 Å². The summed E-state index contributed by atoms with van der Waals surface area (Å²) in [6, 6.07) is 9.60. The largest absolute Gasteiger partial charge is 0.381 e.